The van der Waals surface area contributed by atoms with Crippen LogP contribution in [0.2, 0.25) is 0 Å². The molecule has 8 heteroatoms. The van der Waals surface area contributed by atoms with Gasteiger partial charge in [0, 0.05) is 25.5 Å². The van der Waals surface area contributed by atoms with Crippen molar-refractivity contribution in [2.24, 2.45) is 0 Å². The molecule has 2 atom stereocenters. The molecule has 176 valence electrons. The summed E-state index contributed by atoms with van der Waals surface area (Å²) >= 11 is 0. The standard InChI is InChI=1S/C25H30N2O6/c1-3-8-16(13-23(28)26-14-22(32-2)24(29)30)27-25(31)33-15-21-19-11-6-4-9-17(19)18-10-5-7-12-20(18)21/h4-7,9-12,16,21-22H,3,8,13-15H2,1-2H3,(H,26,28)(H,27,31)(H,29,30)/t16-,22?/m1/s1. The molecule has 1 unspecified atom stereocenters. The van der Waals surface area contributed by atoms with E-state index >= 15 is 0 Å². The summed E-state index contributed by atoms with van der Waals surface area (Å²) < 4.78 is 10.4. The third kappa shape index (κ3) is 6.10. The molecule has 0 bridgehead atoms. The number of fused-ring (bicyclic) bond motifs is 3. The minimum absolute atomic E-state index is 0.0219. The van der Waals surface area contributed by atoms with Crippen LogP contribution in [0.5, 0.6) is 0 Å². The van der Waals surface area contributed by atoms with Crippen LogP contribution in [-0.4, -0.2) is 55.5 Å². The number of carboxylic acid groups (broad SMARTS) is 1. The second-order valence-corrected chi connectivity index (χ2v) is 8.03. The second-order valence-electron chi connectivity index (χ2n) is 8.03. The summed E-state index contributed by atoms with van der Waals surface area (Å²) in [6.07, 6.45) is -0.326. The first kappa shape index (κ1) is 24.3. The Bertz CT molecular complexity index is 947. The zero-order chi connectivity index (χ0) is 23.8. The van der Waals surface area contributed by atoms with Crippen molar-refractivity contribution in [1.29, 1.82) is 0 Å². The van der Waals surface area contributed by atoms with E-state index < -0.39 is 24.2 Å². The Morgan fingerprint density at radius 2 is 1.64 bits per heavy atom. The van der Waals surface area contributed by atoms with Crippen molar-refractivity contribution in [2.45, 2.75) is 44.2 Å². The summed E-state index contributed by atoms with van der Waals surface area (Å²) in [4.78, 5) is 35.8. The van der Waals surface area contributed by atoms with Crippen molar-refractivity contribution in [3.63, 3.8) is 0 Å². The zero-order valence-electron chi connectivity index (χ0n) is 18.9. The van der Waals surface area contributed by atoms with E-state index in [2.05, 4.69) is 34.9 Å². The molecule has 0 aliphatic heterocycles. The number of methoxy groups -OCH3 is 1. The maximum Gasteiger partial charge on any atom is 0.407 e. The maximum absolute atomic E-state index is 12.5. The lowest BCUT2D eigenvalue weighted by molar-refractivity contribution is -0.148. The van der Waals surface area contributed by atoms with E-state index in [1.54, 1.807) is 0 Å². The Balaban J connectivity index is 1.55. The van der Waals surface area contributed by atoms with Crippen molar-refractivity contribution in [3.8, 4) is 11.1 Å². The van der Waals surface area contributed by atoms with Gasteiger partial charge in [0.15, 0.2) is 6.10 Å². The summed E-state index contributed by atoms with van der Waals surface area (Å²) in [5.41, 5.74) is 4.56. The van der Waals surface area contributed by atoms with Crippen molar-refractivity contribution in [2.75, 3.05) is 20.3 Å². The Labute approximate surface area is 193 Å². The van der Waals surface area contributed by atoms with E-state index in [0.29, 0.717) is 6.42 Å². The van der Waals surface area contributed by atoms with E-state index in [4.69, 9.17) is 14.6 Å². The molecule has 0 radical (unpaired) electrons. The first-order valence-corrected chi connectivity index (χ1v) is 11.1. The number of carbonyl (C=O) groups is 3. The van der Waals surface area contributed by atoms with Crippen molar-refractivity contribution in [1.82, 2.24) is 10.6 Å². The van der Waals surface area contributed by atoms with E-state index in [1.807, 2.05) is 31.2 Å². The quantitative estimate of drug-likeness (QED) is 0.480. The molecule has 1 aliphatic carbocycles. The predicted octanol–water partition coefficient (Wildman–Crippen LogP) is 3.30. The van der Waals surface area contributed by atoms with Crippen LogP contribution in [0.25, 0.3) is 11.1 Å². The third-order valence-electron chi connectivity index (χ3n) is 5.78. The number of alkyl carbamates (subject to hydrolysis) is 1. The van der Waals surface area contributed by atoms with Gasteiger partial charge in [-0.05, 0) is 28.7 Å². The summed E-state index contributed by atoms with van der Waals surface area (Å²) in [6.45, 7) is 2.00. The average Bonchev–Trinajstić information content (AvgIpc) is 3.12. The van der Waals surface area contributed by atoms with E-state index in [9.17, 15) is 14.4 Å². The highest BCUT2D eigenvalue weighted by Crippen LogP contribution is 2.44. The lowest BCUT2D eigenvalue weighted by Crippen LogP contribution is -2.42. The van der Waals surface area contributed by atoms with Crippen LogP contribution in [0.3, 0.4) is 0 Å². The van der Waals surface area contributed by atoms with Gasteiger partial charge >= 0.3 is 12.1 Å². The molecule has 3 N–H and O–H groups in total. The maximum atomic E-state index is 12.5. The highest BCUT2D eigenvalue weighted by molar-refractivity contribution is 5.80. The number of carbonyl (C=O) groups excluding carboxylic acids is 2. The number of hydrogen-bond donors (Lipinski definition) is 3. The largest absolute Gasteiger partial charge is 0.479 e. The molecule has 8 nitrogen and oxygen atoms in total. The lowest BCUT2D eigenvalue weighted by atomic mass is 9.98. The summed E-state index contributed by atoms with van der Waals surface area (Å²) in [6, 6.07) is 15.8. The summed E-state index contributed by atoms with van der Waals surface area (Å²) in [5.74, 6) is -1.56. The van der Waals surface area contributed by atoms with Crippen LogP contribution in [-0.2, 0) is 19.1 Å². The minimum Gasteiger partial charge on any atom is -0.479 e. The van der Waals surface area contributed by atoms with E-state index in [0.717, 1.165) is 28.7 Å². The first-order chi connectivity index (χ1) is 15.9. The summed E-state index contributed by atoms with van der Waals surface area (Å²) in [7, 11) is 1.27. The number of hydrogen-bond acceptors (Lipinski definition) is 5. The molecule has 0 heterocycles. The Hall–Kier alpha value is -3.39. The van der Waals surface area contributed by atoms with Gasteiger partial charge in [-0.3, -0.25) is 4.79 Å². The number of carboxylic acids is 1. The van der Waals surface area contributed by atoms with Gasteiger partial charge in [0.05, 0.1) is 6.54 Å². The monoisotopic (exact) mass is 454 g/mol. The molecule has 0 saturated heterocycles. The highest BCUT2D eigenvalue weighted by atomic mass is 16.5. The molecule has 33 heavy (non-hydrogen) atoms. The van der Waals surface area contributed by atoms with Gasteiger partial charge < -0.3 is 25.2 Å². The predicted molar refractivity (Wildman–Crippen MR) is 123 cm³/mol. The fourth-order valence-electron chi connectivity index (χ4n) is 4.15. The highest BCUT2D eigenvalue weighted by Gasteiger charge is 2.29. The normalized spacial score (nSPS) is 14.0. The van der Waals surface area contributed by atoms with Gasteiger partial charge in [0.25, 0.3) is 0 Å². The molecule has 0 spiro atoms. The number of amides is 2. The van der Waals surface area contributed by atoms with Crippen LogP contribution in [0, 0.1) is 0 Å². The molecular formula is C25H30N2O6. The molecule has 2 amide bonds. The van der Waals surface area contributed by atoms with Gasteiger partial charge in [-0.15, -0.1) is 0 Å². The van der Waals surface area contributed by atoms with Crippen LogP contribution < -0.4 is 10.6 Å². The number of rotatable bonds is 11. The fourth-order valence-corrected chi connectivity index (χ4v) is 4.15. The minimum atomic E-state index is -1.15. The van der Waals surface area contributed by atoms with Gasteiger partial charge in [-0.25, -0.2) is 9.59 Å². The van der Waals surface area contributed by atoms with E-state index in [-0.39, 0.29) is 31.4 Å². The molecule has 0 saturated carbocycles. The van der Waals surface area contributed by atoms with Crippen molar-refractivity contribution >= 4 is 18.0 Å². The van der Waals surface area contributed by atoms with Crippen LogP contribution in [0.4, 0.5) is 4.79 Å². The van der Waals surface area contributed by atoms with Crippen LogP contribution in [0.15, 0.2) is 48.5 Å². The molecule has 0 aromatic heterocycles. The second kappa shape index (κ2) is 11.5. The van der Waals surface area contributed by atoms with Crippen LogP contribution in [0.1, 0.15) is 43.2 Å². The first-order valence-electron chi connectivity index (χ1n) is 11.1. The molecule has 2 aromatic carbocycles. The van der Waals surface area contributed by atoms with Crippen molar-refractivity contribution in [3.05, 3.63) is 59.7 Å². The summed E-state index contributed by atoms with van der Waals surface area (Å²) in [5, 5.41) is 14.3. The van der Waals surface area contributed by atoms with Gasteiger partial charge in [-0.1, -0.05) is 61.9 Å². The van der Waals surface area contributed by atoms with Gasteiger partial charge in [0.1, 0.15) is 6.61 Å². The molecule has 1 aliphatic rings. The number of ether oxygens (including phenoxy) is 2. The van der Waals surface area contributed by atoms with Crippen LogP contribution >= 0.6 is 0 Å². The number of benzene rings is 2. The zero-order valence-corrected chi connectivity index (χ0v) is 18.9. The number of aliphatic carboxylic acids is 1. The SMILES string of the molecule is CCC[C@H](CC(=O)NCC(OC)C(=O)O)NC(=O)OCC1c2ccccc2-c2ccccc21. The van der Waals surface area contributed by atoms with Gasteiger partial charge in [-0.2, -0.15) is 0 Å². The number of nitrogens with one attached hydrogen (secondary N) is 2. The Kier molecular flexibility index (Phi) is 8.43. The fraction of sp³-hybridized carbons (Fsp3) is 0.400. The topological polar surface area (TPSA) is 114 Å². The molecular weight excluding hydrogens is 424 g/mol. The molecule has 0 fully saturated rings. The smallest absolute Gasteiger partial charge is 0.407 e. The Morgan fingerprint density at radius 1 is 1.03 bits per heavy atom. The third-order valence-corrected chi connectivity index (χ3v) is 5.78. The Morgan fingerprint density at radius 3 is 2.18 bits per heavy atom. The molecule has 2 aromatic rings. The lowest BCUT2D eigenvalue weighted by Gasteiger charge is -2.20. The van der Waals surface area contributed by atoms with E-state index in [1.165, 1.54) is 7.11 Å². The van der Waals surface area contributed by atoms with Crippen molar-refractivity contribution < 1.29 is 29.0 Å². The van der Waals surface area contributed by atoms with Gasteiger partial charge in [0.2, 0.25) is 5.91 Å². The average molecular weight is 455 g/mol. The molecule has 3 rings (SSSR count).